The van der Waals surface area contributed by atoms with Crippen molar-refractivity contribution in [1.82, 2.24) is 10.5 Å². The molecule has 0 atom stereocenters. The van der Waals surface area contributed by atoms with Gasteiger partial charge in [-0.25, -0.2) is 4.39 Å². The van der Waals surface area contributed by atoms with Gasteiger partial charge in [0.2, 0.25) is 0 Å². The molecule has 0 bridgehead atoms. The van der Waals surface area contributed by atoms with E-state index in [0.717, 1.165) is 18.6 Å². The Labute approximate surface area is 121 Å². The Morgan fingerprint density at radius 1 is 1.43 bits per heavy atom. The van der Waals surface area contributed by atoms with Crippen molar-refractivity contribution in [3.63, 3.8) is 0 Å². The molecule has 21 heavy (non-hydrogen) atoms. The van der Waals surface area contributed by atoms with Gasteiger partial charge in [0, 0.05) is 18.1 Å². The molecule has 0 radical (unpaired) electrons. The van der Waals surface area contributed by atoms with Crippen LogP contribution in [0.1, 0.15) is 35.0 Å². The standard InChI is InChI=1S/C15H15FN2O3/c16-11-2-1-3-12(8-11)20-7-6-17-15(19)13-9-14(21-18-13)10-4-5-10/h1-3,8-10H,4-7H2,(H,17,19). The van der Waals surface area contributed by atoms with Crippen LogP contribution in [-0.4, -0.2) is 24.2 Å². The van der Waals surface area contributed by atoms with Crippen LogP contribution in [0.3, 0.4) is 0 Å². The molecule has 2 aromatic rings. The average molecular weight is 290 g/mol. The van der Waals surface area contributed by atoms with Crippen molar-refractivity contribution < 1.29 is 18.4 Å². The van der Waals surface area contributed by atoms with Gasteiger partial charge in [0.05, 0.1) is 6.54 Å². The Balaban J connectivity index is 1.43. The van der Waals surface area contributed by atoms with Gasteiger partial charge >= 0.3 is 0 Å². The van der Waals surface area contributed by atoms with Gasteiger partial charge in [-0.05, 0) is 25.0 Å². The number of amides is 1. The third-order valence-electron chi connectivity index (χ3n) is 3.19. The summed E-state index contributed by atoms with van der Waals surface area (Å²) in [6.45, 7) is 0.559. The van der Waals surface area contributed by atoms with Gasteiger partial charge < -0.3 is 14.6 Å². The number of hydrogen-bond donors (Lipinski definition) is 1. The summed E-state index contributed by atoms with van der Waals surface area (Å²) in [5.41, 5.74) is 0.280. The Hall–Kier alpha value is -2.37. The molecule has 1 aliphatic rings. The van der Waals surface area contributed by atoms with E-state index < -0.39 is 0 Å². The molecule has 1 aliphatic carbocycles. The lowest BCUT2D eigenvalue weighted by Crippen LogP contribution is -2.28. The second-order valence-corrected chi connectivity index (χ2v) is 4.95. The van der Waals surface area contributed by atoms with Crippen LogP contribution in [0.5, 0.6) is 5.75 Å². The number of ether oxygens (including phenoxy) is 1. The van der Waals surface area contributed by atoms with Crippen molar-refractivity contribution in [2.24, 2.45) is 0 Å². The number of carbonyl (C=O) groups excluding carboxylic acids is 1. The number of halogens is 1. The first kappa shape index (κ1) is 13.6. The number of benzene rings is 1. The Morgan fingerprint density at radius 2 is 2.29 bits per heavy atom. The summed E-state index contributed by atoms with van der Waals surface area (Å²) in [7, 11) is 0. The zero-order valence-electron chi connectivity index (χ0n) is 11.3. The molecule has 5 nitrogen and oxygen atoms in total. The molecule has 1 heterocycles. The highest BCUT2D eigenvalue weighted by atomic mass is 19.1. The van der Waals surface area contributed by atoms with Crippen LogP contribution in [0.15, 0.2) is 34.9 Å². The lowest BCUT2D eigenvalue weighted by atomic mass is 10.3. The van der Waals surface area contributed by atoms with Crippen LogP contribution in [0.2, 0.25) is 0 Å². The molecular weight excluding hydrogens is 275 g/mol. The maximum atomic E-state index is 12.9. The van der Waals surface area contributed by atoms with E-state index in [2.05, 4.69) is 10.5 Å². The van der Waals surface area contributed by atoms with Gasteiger partial charge in [-0.2, -0.15) is 0 Å². The molecule has 0 spiro atoms. The topological polar surface area (TPSA) is 64.4 Å². The fourth-order valence-electron chi connectivity index (χ4n) is 1.94. The molecule has 1 aromatic heterocycles. The zero-order chi connectivity index (χ0) is 14.7. The van der Waals surface area contributed by atoms with E-state index >= 15 is 0 Å². The minimum absolute atomic E-state index is 0.253. The third kappa shape index (κ3) is 3.59. The summed E-state index contributed by atoms with van der Waals surface area (Å²) in [6, 6.07) is 7.54. The van der Waals surface area contributed by atoms with Crippen LogP contribution in [0.4, 0.5) is 4.39 Å². The Kier molecular flexibility index (Phi) is 3.85. The molecule has 1 N–H and O–H groups in total. The van der Waals surface area contributed by atoms with Crippen molar-refractivity contribution in [2.45, 2.75) is 18.8 Å². The van der Waals surface area contributed by atoms with Gasteiger partial charge in [-0.3, -0.25) is 4.79 Å². The van der Waals surface area contributed by atoms with Gasteiger partial charge in [0.25, 0.3) is 5.91 Å². The molecular formula is C15H15FN2O3. The van der Waals surface area contributed by atoms with E-state index in [1.165, 1.54) is 12.1 Å². The van der Waals surface area contributed by atoms with Crippen LogP contribution in [0, 0.1) is 5.82 Å². The average Bonchev–Trinajstić information content (AvgIpc) is 3.21. The summed E-state index contributed by atoms with van der Waals surface area (Å²) in [5, 5.41) is 6.42. The SMILES string of the molecule is O=C(NCCOc1cccc(F)c1)c1cc(C2CC2)on1. The zero-order valence-corrected chi connectivity index (χ0v) is 11.3. The smallest absolute Gasteiger partial charge is 0.273 e. The van der Waals surface area contributed by atoms with Gasteiger partial charge in [0.1, 0.15) is 23.9 Å². The molecule has 1 saturated carbocycles. The minimum atomic E-state index is -0.355. The number of rotatable bonds is 6. The third-order valence-corrected chi connectivity index (χ3v) is 3.19. The van der Waals surface area contributed by atoms with E-state index in [1.54, 1.807) is 18.2 Å². The first-order valence-electron chi connectivity index (χ1n) is 6.85. The van der Waals surface area contributed by atoms with E-state index in [4.69, 9.17) is 9.26 Å². The van der Waals surface area contributed by atoms with E-state index in [1.807, 2.05) is 0 Å². The van der Waals surface area contributed by atoms with E-state index in [9.17, 15) is 9.18 Å². The van der Waals surface area contributed by atoms with Crippen molar-refractivity contribution in [3.8, 4) is 5.75 Å². The predicted molar refractivity (Wildman–Crippen MR) is 72.7 cm³/mol. The fourth-order valence-corrected chi connectivity index (χ4v) is 1.94. The summed E-state index contributed by atoms with van der Waals surface area (Å²) < 4.78 is 23.4. The summed E-state index contributed by atoms with van der Waals surface area (Å²) in [4.78, 5) is 11.8. The Bertz CT molecular complexity index is 637. The van der Waals surface area contributed by atoms with Crippen LogP contribution in [-0.2, 0) is 0 Å². The molecule has 0 unspecified atom stereocenters. The molecule has 0 aliphatic heterocycles. The van der Waals surface area contributed by atoms with Gasteiger partial charge in [-0.1, -0.05) is 11.2 Å². The monoisotopic (exact) mass is 290 g/mol. The Morgan fingerprint density at radius 3 is 3.05 bits per heavy atom. The maximum absolute atomic E-state index is 12.9. The highest BCUT2D eigenvalue weighted by Crippen LogP contribution is 2.40. The molecule has 3 rings (SSSR count). The maximum Gasteiger partial charge on any atom is 0.273 e. The first-order valence-corrected chi connectivity index (χ1v) is 6.85. The van der Waals surface area contributed by atoms with Crippen molar-refractivity contribution in [2.75, 3.05) is 13.2 Å². The molecule has 0 saturated heterocycles. The lowest BCUT2D eigenvalue weighted by Gasteiger charge is -2.06. The van der Waals surface area contributed by atoms with Crippen LogP contribution in [0.25, 0.3) is 0 Å². The molecule has 110 valence electrons. The largest absolute Gasteiger partial charge is 0.492 e. The number of hydrogen-bond acceptors (Lipinski definition) is 4. The van der Waals surface area contributed by atoms with Crippen molar-refractivity contribution >= 4 is 5.91 Å². The van der Waals surface area contributed by atoms with Crippen LogP contribution < -0.4 is 10.1 Å². The van der Waals surface area contributed by atoms with E-state index in [-0.39, 0.29) is 24.0 Å². The number of aromatic nitrogens is 1. The molecule has 1 fully saturated rings. The predicted octanol–water partition coefficient (Wildman–Crippen LogP) is 2.50. The molecule has 6 heteroatoms. The van der Waals surface area contributed by atoms with Crippen molar-refractivity contribution in [3.05, 3.63) is 47.6 Å². The van der Waals surface area contributed by atoms with Gasteiger partial charge in [0.15, 0.2) is 5.69 Å². The molecule has 1 amide bonds. The summed E-state index contributed by atoms with van der Waals surface area (Å²) in [5.74, 6) is 0.980. The second-order valence-electron chi connectivity index (χ2n) is 4.95. The summed E-state index contributed by atoms with van der Waals surface area (Å²) >= 11 is 0. The van der Waals surface area contributed by atoms with Crippen LogP contribution >= 0.6 is 0 Å². The minimum Gasteiger partial charge on any atom is -0.492 e. The highest BCUT2D eigenvalue weighted by molar-refractivity contribution is 5.92. The van der Waals surface area contributed by atoms with Crippen molar-refractivity contribution in [1.29, 1.82) is 0 Å². The first-order chi connectivity index (χ1) is 10.2. The number of carbonyl (C=O) groups is 1. The van der Waals surface area contributed by atoms with E-state index in [0.29, 0.717) is 18.2 Å². The number of nitrogens with one attached hydrogen (secondary N) is 1. The fraction of sp³-hybridized carbons (Fsp3) is 0.333. The second kappa shape index (κ2) is 5.95. The quantitative estimate of drug-likeness (QED) is 0.830. The normalized spacial score (nSPS) is 14.0. The van der Waals surface area contributed by atoms with Gasteiger partial charge in [-0.15, -0.1) is 0 Å². The summed E-state index contributed by atoms with van der Waals surface area (Å²) in [6.07, 6.45) is 2.19. The number of nitrogens with zero attached hydrogens (tertiary/aromatic N) is 1. The molecule has 1 aromatic carbocycles. The highest BCUT2D eigenvalue weighted by Gasteiger charge is 2.28. The lowest BCUT2D eigenvalue weighted by molar-refractivity contribution is 0.0938.